The Morgan fingerprint density at radius 3 is 2.45 bits per heavy atom. The molecule has 0 bridgehead atoms. The lowest BCUT2D eigenvalue weighted by Gasteiger charge is -2.34. The van der Waals surface area contributed by atoms with Gasteiger partial charge in [0.05, 0.1) is 11.8 Å². The van der Waals surface area contributed by atoms with Crippen LogP contribution >= 0.6 is 23.1 Å². The zero-order chi connectivity index (χ0) is 20.4. The topological polar surface area (TPSA) is 58.6 Å². The molecule has 2 aromatic heterocycles. The Hall–Kier alpha value is -2.32. The van der Waals surface area contributed by atoms with E-state index in [1.54, 1.807) is 28.0 Å². The quantitative estimate of drug-likeness (QED) is 0.559. The Morgan fingerprint density at radius 2 is 1.79 bits per heavy atom. The van der Waals surface area contributed by atoms with Crippen LogP contribution in [0.1, 0.15) is 13.8 Å². The second-order valence-corrected chi connectivity index (χ2v) is 8.99. The molecule has 1 saturated heterocycles. The van der Waals surface area contributed by atoms with Crippen molar-refractivity contribution in [3.63, 3.8) is 0 Å². The van der Waals surface area contributed by atoms with Crippen molar-refractivity contribution in [2.45, 2.75) is 24.8 Å². The number of hydrogen-bond acceptors (Lipinski definition) is 7. The first-order valence-corrected chi connectivity index (χ1v) is 11.7. The molecule has 0 unspecified atom stereocenters. The molecule has 0 spiro atoms. The van der Waals surface area contributed by atoms with Gasteiger partial charge in [-0.2, -0.15) is 0 Å². The van der Waals surface area contributed by atoms with Gasteiger partial charge in [0.1, 0.15) is 10.3 Å². The Bertz CT molecular complexity index is 996. The number of carbonyl (C=O) groups is 1. The molecule has 0 radical (unpaired) electrons. The molecule has 1 aliphatic heterocycles. The maximum Gasteiger partial charge on any atom is 0.410 e. The molecule has 0 N–H and O–H groups in total. The molecule has 0 aliphatic carbocycles. The molecular formula is C21H24N4O2S2. The number of amides is 1. The number of anilines is 1. The largest absolute Gasteiger partial charge is 0.447 e. The SMILES string of the molecule is CSc1ccc(-c2ccc3nc(N4CCN(C(=O)OC(C)C)CC4)sc3n2)cc1. The predicted molar refractivity (Wildman–Crippen MR) is 120 cm³/mol. The number of thioether (sulfide) groups is 1. The van der Waals surface area contributed by atoms with E-state index in [1.807, 2.05) is 26.0 Å². The summed E-state index contributed by atoms with van der Waals surface area (Å²) in [7, 11) is 0. The number of piperazine rings is 1. The van der Waals surface area contributed by atoms with Gasteiger partial charge in [0.2, 0.25) is 0 Å². The lowest BCUT2D eigenvalue weighted by Crippen LogP contribution is -2.49. The molecule has 1 aromatic carbocycles. The summed E-state index contributed by atoms with van der Waals surface area (Å²) in [4.78, 5) is 27.8. The third-order valence-corrected chi connectivity index (χ3v) is 6.54. The fraction of sp³-hybridized carbons (Fsp3) is 0.381. The minimum absolute atomic E-state index is 0.0954. The number of nitrogens with zero attached hydrogens (tertiary/aromatic N) is 4. The minimum Gasteiger partial charge on any atom is -0.447 e. The van der Waals surface area contributed by atoms with Gasteiger partial charge in [0, 0.05) is 36.6 Å². The maximum absolute atomic E-state index is 12.1. The molecule has 0 atom stereocenters. The van der Waals surface area contributed by atoms with E-state index in [9.17, 15) is 4.79 Å². The van der Waals surface area contributed by atoms with Gasteiger partial charge in [-0.3, -0.25) is 0 Å². The first-order valence-electron chi connectivity index (χ1n) is 9.66. The molecule has 8 heteroatoms. The molecular weight excluding hydrogens is 404 g/mol. The van der Waals surface area contributed by atoms with Crippen LogP contribution in [0.3, 0.4) is 0 Å². The van der Waals surface area contributed by atoms with Crippen molar-refractivity contribution in [3.8, 4) is 11.3 Å². The molecule has 152 valence electrons. The number of fused-ring (bicyclic) bond motifs is 1. The van der Waals surface area contributed by atoms with Gasteiger partial charge in [0.25, 0.3) is 0 Å². The molecule has 1 fully saturated rings. The van der Waals surface area contributed by atoms with Gasteiger partial charge in [0.15, 0.2) is 5.13 Å². The standard InChI is InChI=1S/C21H24N4O2S2/c1-14(2)27-21(26)25-12-10-24(11-13-25)20-23-18-9-8-17(22-19(18)29-20)15-4-6-16(28-3)7-5-15/h4-9,14H,10-13H2,1-3H3. The molecule has 6 nitrogen and oxygen atoms in total. The Balaban J connectivity index is 1.47. The Labute approximate surface area is 178 Å². The van der Waals surface area contributed by atoms with Crippen molar-refractivity contribution in [2.24, 2.45) is 0 Å². The van der Waals surface area contributed by atoms with Crippen molar-refractivity contribution >= 4 is 44.7 Å². The number of benzene rings is 1. The van der Waals surface area contributed by atoms with E-state index in [-0.39, 0.29) is 12.2 Å². The van der Waals surface area contributed by atoms with Crippen molar-refractivity contribution in [1.82, 2.24) is 14.9 Å². The van der Waals surface area contributed by atoms with E-state index in [2.05, 4.69) is 35.4 Å². The molecule has 0 saturated carbocycles. The van der Waals surface area contributed by atoms with Crippen molar-refractivity contribution in [2.75, 3.05) is 37.3 Å². The maximum atomic E-state index is 12.1. The van der Waals surface area contributed by atoms with Crippen LogP contribution in [0.15, 0.2) is 41.3 Å². The Morgan fingerprint density at radius 1 is 1.07 bits per heavy atom. The van der Waals surface area contributed by atoms with Gasteiger partial charge in [-0.1, -0.05) is 23.5 Å². The lowest BCUT2D eigenvalue weighted by molar-refractivity contribution is 0.0751. The van der Waals surface area contributed by atoms with Gasteiger partial charge >= 0.3 is 6.09 Å². The van der Waals surface area contributed by atoms with Crippen LogP contribution in [0.2, 0.25) is 0 Å². The van der Waals surface area contributed by atoms with Crippen molar-refractivity contribution in [3.05, 3.63) is 36.4 Å². The highest BCUT2D eigenvalue weighted by atomic mass is 32.2. The first-order chi connectivity index (χ1) is 14.0. The normalized spacial score (nSPS) is 14.6. The number of aromatic nitrogens is 2. The molecule has 1 aliphatic rings. The van der Waals surface area contributed by atoms with E-state index in [1.165, 1.54) is 4.90 Å². The smallest absolute Gasteiger partial charge is 0.410 e. The fourth-order valence-electron chi connectivity index (χ4n) is 3.22. The zero-order valence-corrected chi connectivity index (χ0v) is 18.4. The number of rotatable bonds is 4. The second-order valence-electron chi connectivity index (χ2n) is 7.15. The molecule has 4 rings (SSSR count). The molecule has 29 heavy (non-hydrogen) atoms. The van der Waals surface area contributed by atoms with Gasteiger partial charge in [-0.15, -0.1) is 11.8 Å². The zero-order valence-electron chi connectivity index (χ0n) is 16.8. The highest BCUT2D eigenvalue weighted by Crippen LogP contribution is 2.31. The summed E-state index contributed by atoms with van der Waals surface area (Å²) in [5.74, 6) is 0. The van der Waals surface area contributed by atoms with Crippen molar-refractivity contribution < 1.29 is 9.53 Å². The average molecular weight is 429 g/mol. The second kappa shape index (κ2) is 8.59. The van der Waals surface area contributed by atoms with Gasteiger partial charge in [-0.05, 0) is 44.4 Å². The fourth-order valence-corrected chi connectivity index (χ4v) is 4.62. The summed E-state index contributed by atoms with van der Waals surface area (Å²) in [5.41, 5.74) is 2.98. The minimum atomic E-state index is -0.234. The summed E-state index contributed by atoms with van der Waals surface area (Å²) < 4.78 is 5.29. The van der Waals surface area contributed by atoms with Crippen LogP contribution in [0.25, 0.3) is 21.6 Å². The highest BCUT2D eigenvalue weighted by Gasteiger charge is 2.24. The number of ether oxygens (including phenoxy) is 1. The predicted octanol–water partition coefficient (Wildman–Crippen LogP) is 4.75. The summed E-state index contributed by atoms with van der Waals surface area (Å²) in [5, 5.41) is 0.958. The third kappa shape index (κ3) is 4.48. The van der Waals surface area contributed by atoms with Gasteiger partial charge in [-0.25, -0.2) is 14.8 Å². The summed E-state index contributed by atoms with van der Waals surface area (Å²) in [6, 6.07) is 12.5. The summed E-state index contributed by atoms with van der Waals surface area (Å²) in [6.45, 7) is 6.51. The van der Waals surface area contributed by atoms with E-state index >= 15 is 0 Å². The van der Waals surface area contributed by atoms with Crippen LogP contribution < -0.4 is 4.90 Å². The number of thiazole rings is 1. The first kappa shape index (κ1) is 20.0. The number of hydrogen-bond donors (Lipinski definition) is 0. The van der Waals surface area contributed by atoms with Crippen LogP contribution in [0, 0.1) is 0 Å². The average Bonchev–Trinajstić information content (AvgIpc) is 3.17. The van der Waals surface area contributed by atoms with Crippen LogP contribution in [0.4, 0.5) is 9.93 Å². The van der Waals surface area contributed by atoms with Crippen molar-refractivity contribution in [1.29, 1.82) is 0 Å². The van der Waals surface area contributed by atoms with Gasteiger partial charge < -0.3 is 14.5 Å². The van der Waals surface area contributed by atoms with Crippen LogP contribution in [-0.4, -0.2) is 59.5 Å². The summed E-state index contributed by atoms with van der Waals surface area (Å²) >= 11 is 3.34. The van der Waals surface area contributed by atoms with E-state index in [0.29, 0.717) is 13.1 Å². The lowest BCUT2D eigenvalue weighted by atomic mass is 10.1. The number of carbonyl (C=O) groups excluding carboxylic acids is 1. The number of pyridine rings is 1. The molecule has 3 heterocycles. The molecule has 3 aromatic rings. The summed E-state index contributed by atoms with van der Waals surface area (Å²) in [6.07, 6.45) is 1.75. The Kier molecular flexibility index (Phi) is 5.91. The van der Waals surface area contributed by atoms with Crippen LogP contribution in [-0.2, 0) is 4.74 Å². The molecule has 1 amide bonds. The van der Waals surface area contributed by atoms with E-state index in [4.69, 9.17) is 14.7 Å². The highest BCUT2D eigenvalue weighted by molar-refractivity contribution is 7.98. The van der Waals surface area contributed by atoms with E-state index < -0.39 is 0 Å². The third-order valence-electron chi connectivity index (χ3n) is 4.77. The monoisotopic (exact) mass is 428 g/mol. The van der Waals surface area contributed by atoms with Crippen LogP contribution in [0.5, 0.6) is 0 Å². The van der Waals surface area contributed by atoms with E-state index in [0.717, 1.165) is 39.8 Å².